The Bertz CT molecular complexity index is 1280. The van der Waals surface area contributed by atoms with Crippen LogP contribution in [0.2, 0.25) is 0 Å². The van der Waals surface area contributed by atoms with E-state index in [1.54, 1.807) is 6.07 Å². The standard InChI is InChI=1S/C26H22F3NO3S/c27-26(28,29)20-8-4-7-17(12-20)11-19-13-22(31)30-21(15-34-24(30)23(19)18-9-10-18)25(32)33-14-16-5-2-1-3-6-16/h1-8,12-13,18,21H,9-11,14-15H2. The molecule has 0 spiro atoms. The maximum Gasteiger partial charge on any atom is 0.416 e. The predicted octanol–water partition coefficient (Wildman–Crippen LogP) is 5.73. The Morgan fingerprint density at radius 2 is 1.76 bits per heavy atom. The molecule has 2 aromatic carbocycles. The lowest BCUT2D eigenvalue weighted by atomic mass is 9.97. The van der Waals surface area contributed by atoms with Crippen LogP contribution in [0.3, 0.4) is 0 Å². The van der Waals surface area contributed by atoms with Gasteiger partial charge in [0, 0.05) is 11.8 Å². The SMILES string of the molecule is O=C(OCc1ccccc1)C1CSc2c(C3CC3)c(Cc3cccc(C(F)(F)F)c3)cc(=O)n21. The maximum absolute atomic E-state index is 13.2. The van der Waals surface area contributed by atoms with Crippen molar-refractivity contribution in [3.05, 3.63) is 98.8 Å². The number of aromatic nitrogens is 1. The summed E-state index contributed by atoms with van der Waals surface area (Å²) in [5.41, 5.74) is 2.07. The van der Waals surface area contributed by atoms with E-state index < -0.39 is 23.8 Å². The van der Waals surface area contributed by atoms with Crippen LogP contribution >= 0.6 is 11.8 Å². The largest absolute Gasteiger partial charge is 0.459 e. The van der Waals surface area contributed by atoms with Crippen molar-refractivity contribution in [3.8, 4) is 0 Å². The first-order valence-electron chi connectivity index (χ1n) is 11.1. The van der Waals surface area contributed by atoms with Gasteiger partial charge in [-0.05, 0) is 53.5 Å². The molecule has 0 bridgehead atoms. The van der Waals surface area contributed by atoms with Crippen molar-refractivity contribution in [2.24, 2.45) is 0 Å². The number of carbonyl (C=O) groups excluding carboxylic acids is 1. The lowest BCUT2D eigenvalue weighted by Crippen LogP contribution is -2.30. The van der Waals surface area contributed by atoms with E-state index in [0.29, 0.717) is 11.3 Å². The Labute approximate surface area is 198 Å². The lowest BCUT2D eigenvalue weighted by molar-refractivity contribution is -0.148. The second-order valence-corrected chi connectivity index (χ2v) is 9.67. The third kappa shape index (κ3) is 4.64. The summed E-state index contributed by atoms with van der Waals surface area (Å²) in [6.07, 6.45) is -2.26. The summed E-state index contributed by atoms with van der Waals surface area (Å²) in [4.78, 5) is 25.9. The van der Waals surface area contributed by atoms with Gasteiger partial charge in [0.05, 0.1) is 10.6 Å². The molecular weight excluding hydrogens is 463 g/mol. The third-order valence-corrected chi connectivity index (χ3v) is 7.32. The molecule has 1 aromatic heterocycles. The highest BCUT2D eigenvalue weighted by Crippen LogP contribution is 2.48. The van der Waals surface area contributed by atoms with Crippen molar-refractivity contribution in [2.75, 3.05) is 5.75 Å². The van der Waals surface area contributed by atoms with Crippen molar-refractivity contribution in [1.29, 1.82) is 0 Å². The van der Waals surface area contributed by atoms with Crippen molar-refractivity contribution in [2.45, 2.75) is 49.0 Å². The van der Waals surface area contributed by atoms with Crippen LogP contribution < -0.4 is 5.56 Å². The Morgan fingerprint density at radius 1 is 1.03 bits per heavy atom. The summed E-state index contributed by atoms with van der Waals surface area (Å²) in [6, 6.07) is 15.3. The van der Waals surface area contributed by atoms with Crippen molar-refractivity contribution >= 4 is 17.7 Å². The van der Waals surface area contributed by atoms with Gasteiger partial charge in [-0.25, -0.2) is 4.79 Å². The van der Waals surface area contributed by atoms with Gasteiger partial charge < -0.3 is 4.74 Å². The number of hydrogen-bond donors (Lipinski definition) is 0. The minimum atomic E-state index is -4.42. The molecule has 8 heteroatoms. The number of thioether (sulfide) groups is 1. The number of esters is 1. The fourth-order valence-electron chi connectivity index (χ4n) is 4.37. The first kappa shape index (κ1) is 22.8. The van der Waals surface area contributed by atoms with Crippen LogP contribution in [-0.2, 0) is 28.7 Å². The molecule has 2 aliphatic rings. The number of rotatable bonds is 6. The smallest absolute Gasteiger partial charge is 0.416 e. The third-order valence-electron chi connectivity index (χ3n) is 6.15. The molecule has 1 atom stereocenters. The first-order chi connectivity index (χ1) is 16.3. The number of halogens is 3. The van der Waals surface area contributed by atoms with Crippen molar-refractivity contribution in [3.63, 3.8) is 0 Å². The van der Waals surface area contributed by atoms with Crippen LogP contribution in [0.25, 0.3) is 0 Å². The minimum Gasteiger partial charge on any atom is -0.459 e. The molecular formula is C26H22F3NO3S. The van der Waals surface area contributed by atoms with Gasteiger partial charge in [0.25, 0.3) is 5.56 Å². The summed E-state index contributed by atoms with van der Waals surface area (Å²) < 4.78 is 46.5. The average Bonchev–Trinajstić information content (AvgIpc) is 3.55. The highest BCUT2D eigenvalue weighted by Gasteiger charge is 2.38. The minimum absolute atomic E-state index is 0.133. The molecule has 2 heterocycles. The molecule has 1 saturated carbocycles. The Kier molecular flexibility index (Phi) is 6.02. The van der Waals surface area contributed by atoms with Gasteiger partial charge >= 0.3 is 12.1 Å². The summed E-state index contributed by atoms with van der Waals surface area (Å²) in [7, 11) is 0. The lowest BCUT2D eigenvalue weighted by Gasteiger charge is -2.18. The average molecular weight is 486 g/mol. The Morgan fingerprint density at radius 3 is 2.47 bits per heavy atom. The van der Waals surface area contributed by atoms with Crippen molar-refractivity contribution < 1.29 is 22.7 Å². The number of fused-ring (bicyclic) bond motifs is 1. The molecule has 176 valence electrons. The van der Waals surface area contributed by atoms with Crippen LogP contribution in [0.5, 0.6) is 0 Å². The number of alkyl halides is 3. The van der Waals surface area contributed by atoms with E-state index in [1.807, 2.05) is 30.3 Å². The van der Waals surface area contributed by atoms with E-state index >= 15 is 0 Å². The van der Waals surface area contributed by atoms with E-state index in [-0.39, 0.29) is 24.5 Å². The molecule has 3 aromatic rings. The van der Waals surface area contributed by atoms with Crippen molar-refractivity contribution in [1.82, 2.24) is 4.57 Å². The molecule has 0 radical (unpaired) electrons. The van der Waals surface area contributed by atoms with E-state index in [9.17, 15) is 22.8 Å². The Hall–Kier alpha value is -3.00. The second kappa shape index (κ2) is 8.98. The van der Waals surface area contributed by atoms with Crippen LogP contribution in [0, 0.1) is 0 Å². The molecule has 4 nitrogen and oxygen atoms in total. The zero-order chi connectivity index (χ0) is 23.9. The Balaban J connectivity index is 1.43. The molecule has 1 unspecified atom stereocenters. The number of nitrogens with zero attached hydrogens (tertiary/aromatic N) is 1. The molecule has 1 aliphatic carbocycles. The highest BCUT2D eigenvalue weighted by atomic mass is 32.2. The summed E-state index contributed by atoms with van der Waals surface area (Å²) in [5, 5.41) is 0.749. The van der Waals surface area contributed by atoms with E-state index in [0.717, 1.165) is 46.7 Å². The molecule has 0 saturated heterocycles. The number of benzene rings is 2. The fraction of sp³-hybridized carbons (Fsp3) is 0.308. The normalized spacial score (nSPS) is 17.4. The van der Waals surface area contributed by atoms with Crippen LogP contribution in [-0.4, -0.2) is 16.3 Å². The number of pyridine rings is 1. The fourth-order valence-corrected chi connectivity index (χ4v) is 5.78. The summed E-state index contributed by atoms with van der Waals surface area (Å²) >= 11 is 1.45. The van der Waals surface area contributed by atoms with Gasteiger partial charge in [0.15, 0.2) is 0 Å². The zero-order valence-corrected chi connectivity index (χ0v) is 19.0. The summed E-state index contributed by atoms with van der Waals surface area (Å²) in [5.74, 6) is 0.203. The number of ether oxygens (including phenoxy) is 1. The predicted molar refractivity (Wildman–Crippen MR) is 123 cm³/mol. The monoisotopic (exact) mass is 485 g/mol. The first-order valence-corrected chi connectivity index (χ1v) is 12.1. The van der Waals surface area contributed by atoms with Gasteiger partial charge in [0.2, 0.25) is 0 Å². The quantitative estimate of drug-likeness (QED) is 0.419. The maximum atomic E-state index is 13.2. The molecule has 1 aliphatic heterocycles. The molecule has 5 rings (SSSR count). The highest BCUT2D eigenvalue weighted by molar-refractivity contribution is 7.99. The summed E-state index contributed by atoms with van der Waals surface area (Å²) in [6.45, 7) is 0.133. The van der Waals surface area contributed by atoms with Gasteiger partial charge in [-0.15, -0.1) is 11.8 Å². The topological polar surface area (TPSA) is 48.3 Å². The van der Waals surface area contributed by atoms with Gasteiger partial charge in [-0.1, -0.05) is 48.5 Å². The van der Waals surface area contributed by atoms with Gasteiger partial charge in [-0.2, -0.15) is 13.2 Å². The van der Waals surface area contributed by atoms with E-state index in [2.05, 4.69) is 0 Å². The van der Waals surface area contributed by atoms with E-state index in [1.165, 1.54) is 28.5 Å². The van der Waals surface area contributed by atoms with Crippen LogP contribution in [0.15, 0.2) is 70.5 Å². The van der Waals surface area contributed by atoms with Crippen LogP contribution in [0.4, 0.5) is 13.2 Å². The molecule has 1 fully saturated rings. The number of hydrogen-bond acceptors (Lipinski definition) is 4. The molecule has 34 heavy (non-hydrogen) atoms. The van der Waals surface area contributed by atoms with Gasteiger partial charge in [0.1, 0.15) is 12.6 Å². The molecule has 0 N–H and O–H groups in total. The molecule has 0 amide bonds. The number of carbonyl (C=O) groups is 1. The van der Waals surface area contributed by atoms with Crippen LogP contribution in [0.1, 0.15) is 52.6 Å². The van der Waals surface area contributed by atoms with Gasteiger partial charge in [-0.3, -0.25) is 9.36 Å². The zero-order valence-electron chi connectivity index (χ0n) is 18.2. The second-order valence-electron chi connectivity index (χ2n) is 8.67. The van der Waals surface area contributed by atoms with E-state index in [4.69, 9.17) is 4.74 Å².